The zero-order chi connectivity index (χ0) is 5.91. The fourth-order valence-electron chi connectivity index (χ4n) is 0.300. The zero-order valence-electron chi connectivity index (χ0n) is 5.31. The summed E-state index contributed by atoms with van der Waals surface area (Å²) in [7, 11) is 6.16. The number of hydrogen-bond acceptors (Lipinski definition) is 1. The van der Waals surface area contributed by atoms with E-state index in [0.717, 1.165) is 11.0 Å². The number of hydrogen-bond donors (Lipinski definition) is 1. The van der Waals surface area contributed by atoms with E-state index < -0.39 is 0 Å². The van der Waals surface area contributed by atoms with Gasteiger partial charge in [-0.3, -0.25) is 0 Å². The molecule has 0 saturated heterocycles. The second-order valence-corrected chi connectivity index (χ2v) is 2.74. The third kappa shape index (κ3) is 9.68. The van der Waals surface area contributed by atoms with Gasteiger partial charge in [0.1, 0.15) is 6.54 Å². The summed E-state index contributed by atoms with van der Waals surface area (Å²) in [4.78, 5) is 0. The van der Waals surface area contributed by atoms with Crippen LogP contribution in [-0.4, -0.2) is 61.2 Å². The van der Waals surface area contributed by atoms with Crippen LogP contribution in [0.1, 0.15) is 0 Å². The molecule has 0 aliphatic carbocycles. The Bertz CT molecular complexity index is 50.9. The van der Waals surface area contributed by atoms with Crippen molar-refractivity contribution in [1.29, 1.82) is 0 Å². The van der Waals surface area contributed by atoms with Gasteiger partial charge in [0.05, 0.1) is 27.7 Å². The number of quaternary nitrogens is 1. The Morgan fingerprint density at radius 2 is 1.62 bits per heavy atom. The largest absolute Gasteiger partial charge is 0.391 e. The zero-order valence-corrected chi connectivity index (χ0v) is 5.31. The molecular formula is C5H17AlNO+. The number of aliphatic hydroxyl groups is 1. The van der Waals surface area contributed by atoms with Crippen molar-refractivity contribution in [2.24, 2.45) is 0 Å². The van der Waals surface area contributed by atoms with E-state index in [1.165, 1.54) is 0 Å². The summed E-state index contributed by atoms with van der Waals surface area (Å²) >= 11 is 0. The van der Waals surface area contributed by atoms with Gasteiger partial charge in [0, 0.05) is 0 Å². The lowest BCUT2D eigenvalue weighted by Gasteiger charge is -2.21. The highest BCUT2D eigenvalue weighted by Gasteiger charge is 2.02. The molecule has 2 nitrogen and oxygen atoms in total. The van der Waals surface area contributed by atoms with Gasteiger partial charge in [0.25, 0.3) is 0 Å². The van der Waals surface area contributed by atoms with E-state index in [4.69, 9.17) is 5.11 Å². The van der Waals surface area contributed by atoms with Crippen LogP contribution in [0.4, 0.5) is 0 Å². The average Bonchev–Trinajstić information content (AvgIpc) is 1.30. The minimum absolute atomic E-state index is 0. The van der Waals surface area contributed by atoms with Crippen LogP contribution in [0, 0.1) is 0 Å². The van der Waals surface area contributed by atoms with E-state index >= 15 is 0 Å². The van der Waals surface area contributed by atoms with Crippen molar-refractivity contribution >= 4 is 17.4 Å². The summed E-state index contributed by atoms with van der Waals surface area (Å²) in [5.41, 5.74) is 0. The minimum atomic E-state index is 0. The first-order valence-electron chi connectivity index (χ1n) is 2.47. The van der Waals surface area contributed by atoms with Crippen LogP contribution in [-0.2, 0) is 0 Å². The summed E-state index contributed by atoms with van der Waals surface area (Å²) in [6.45, 7) is 1.11. The smallest absolute Gasteiger partial charge is 0.187 e. The molecular weight excluding hydrogens is 117 g/mol. The van der Waals surface area contributed by atoms with Gasteiger partial charge < -0.3 is 9.59 Å². The summed E-state index contributed by atoms with van der Waals surface area (Å²) in [6, 6.07) is 0. The predicted molar refractivity (Wildman–Crippen MR) is 39.9 cm³/mol. The third-order valence-corrected chi connectivity index (χ3v) is 0.771. The number of aliphatic hydroxyl groups excluding tert-OH is 1. The van der Waals surface area contributed by atoms with E-state index in [1.54, 1.807) is 0 Å². The van der Waals surface area contributed by atoms with Gasteiger partial charge in [-0.25, -0.2) is 0 Å². The van der Waals surface area contributed by atoms with Crippen LogP contribution < -0.4 is 0 Å². The van der Waals surface area contributed by atoms with Gasteiger partial charge >= 0.3 is 0 Å². The molecule has 50 valence electrons. The molecule has 0 fully saturated rings. The maximum Gasteiger partial charge on any atom is 0.187 e. The van der Waals surface area contributed by atoms with Crippen molar-refractivity contribution in [3.63, 3.8) is 0 Å². The first kappa shape index (κ1) is 11.3. The molecule has 8 heavy (non-hydrogen) atoms. The highest BCUT2D eigenvalue weighted by Crippen LogP contribution is 1.84. The van der Waals surface area contributed by atoms with Gasteiger partial charge in [-0.05, 0) is 0 Å². The van der Waals surface area contributed by atoms with Gasteiger partial charge in [0.15, 0.2) is 17.4 Å². The van der Waals surface area contributed by atoms with E-state index in [9.17, 15) is 0 Å². The highest BCUT2D eigenvalue weighted by atomic mass is 27.0. The summed E-state index contributed by atoms with van der Waals surface area (Å²) in [5.74, 6) is 0. The van der Waals surface area contributed by atoms with E-state index in [0.29, 0.717) is 0 Å². The highest BCUT2D eigenvalue weighted by molar-refractivity contribution is 5.75. The molecule has 0 unspecified atom stereocenters. The standard InChI is InChI=1S/C5H14NO.Al.3H/c1-6(2,3)4-5-7;;;;/h7H,4-5H2,1-3H3;;;;/q+1;;;;. The Hall–Kier alpha value is 0.452. The molecule has 0 aliphatic heterocycles. The molecule has 0 radical (unpaired) electrons. The summed E-state index contributed by atoms with van der Waals surface area (Å²) < 4.78 is 0.844. The Kier molecular flexibility index (Phi) is 6.12. The van der Waals surface area contributed by atoms with Gasteiger partial charge in [-0.15, -0.1) is 0 Å². The van der Waals surface area contributed by atoms with Crippen LogP contribution in [0.5, 0.6) is 0 Å². The molecule has 0 bridgehead atoms. The van der Waals surface area contributed by atoms with Crippen LogP contribution in [0.25, 0.3) is 0 Å². The summed E-state index contributed by atoms with van der Waals surface area (Å²) in [5, 5.41) is 8.39. The van der Waals surface area contributed by atoms with Crippen molar-refractivity contribution in [3.05, 3.63) is 0 Å². The van der Waals surface area contributed by atoms with Gasteiger partial charge in [-0.1, -0.05) is 0 Å². The van der Waals surface area contributed by atoms with E-state index in [-0.39, 0.29) is 24.0 Å². The van der Waals surface area contributed by atoms with Crippen molar-refractivity contribution in [2.75, 3.05) is 34.3 Å². The molecule has 0 atom stereocenters. The van der Waals surface area contributed by atoms with Crippen LogP contribution >= 0.6 is 0 Å². The number of likely N-dealkylation sites (N-methyl/N-ethyl adjacent to an activating group) is 1. The topological polar surface area (TPSA) is 20.2 Å². The van der Waals surface area contributed by atoms with Crippen molar-refractivity contribution in [2.45, 2.75) is 0 Å². The first-order chi connectivity index (χ1) is 3.06. The lowest BCUT2D eigenvalue weighted by atomic mass is 10.5. The molecule has 0 aromatic heterocycles. The van der Waals surface area contributed by atoms with Crippen molar-refractivity contribution < 1.29 is 9.59 Å². The number of nitrogens with zero attached hydrogens (tertiary/aromatic N) is 1. The van der Waals surface area contributed by atoms with Gasteiger partial charge in [-0.2, -0.15) is 0 Å². The van der Waals surface area contributed by atoms with Crippen LogP contribution in [0.2, 0.25) is 0 Å². The second-order valence-electron chi connectivity index (χ2n) is 2.74. The average molecular weight is 134 g/mol. The molecule has 0 heterocycles. The van der Waals surface area contributed by atoms with Crippen molar-refractivity contribution in [3.8, 4) is 0 Å². The lowest BCUT2D eigenvalue weighted by Crippen LogP contribution is -2.36. The molecule has 0 aliphatic rings. The third-order valence-electron chi connectivity index (χ3n) is 0.771. The molecule has 0 saturated carbocycles. The molecule has 0 spiro atoms. The Labute approximate surface area is 61.8 Å². The minimum Gasteiger partial charge on any atom is -0.391 e. The lowest BCUT2D eigenvalue weighted by molar-refractivity contribution is -0.870. The van der Waals surface area contributed by atoms with E-state index in [1.807, 2.05) is 0 Å². The molecule has 1 N–H and O–H groups in total. The molecule has 0 rings (SSSR count). The molecule has 0 aromatic rings. The maximum atomic E-state index is 8.39. The first-order valence-corrected chi connectivity index (χ1v) is 2.47. The molecule has 3 heteroatoms. The van der Waals surface area contributed by atoms with Crippen LogP contribution in [0.3, 0.4) is 0 Å². The SMILES string of the molecule is C[N+](C)(C)CCO.[AlH3]. The summed E-state index contributed by atoms with van der Waals surface area (Å²) in [6.07, 6.45) is 0. The molecule has 0 amide bonds. The Morgan fingerprint density at radius 1 is 1.25 bits per heavy atom. The fraction of sp³-hybridized carbons (Fsp3) is 1.00. The molecule has 0 aromatic carbocycles. The quantitative estimate of drug-likeness (QED) is 0.360. The van der Waals surface area contributed by atoms with Crippen molar-refractivity contribution in [1.82, 2.24) is 0 Å². The van der Waals surface area contributed by atoms with E-state index in [2.05, 4.69) is 21.1 Å². The Morgan fingerprint density at radius 3 is 1.62 bits per heavy atom. The van der Waals surface area contributed by atoms with Crippen LogP contribution in [0.15, 0.2) is 0 Å². The predicted octanol–water partition coefficient (Wildman–Crippen LogP) is -1.50. The Balaban J connectivity index is 0. The monoisotopic (exact) mass is 134 g/mol. The number of rotatable bonds is 2. The normalized spacial score (nSPS) is 10.5. The maximum absolute atomic E-state index is 8.39. The fourth-order valence-corrected chi connectivity index (χ4v) is 0.300. The van der Waals surface area contributed by atoms with Gasteiger partial charge in [0.2, 0.25) is 0 Å². The second kappa shape index (κ2) is 4.34.